The Hall–Kier alpha value is -2.56. The summed E-state index contributed by atoms with van der Waals surface area (Å²) in [7, 11) is 2.96. The van der Waals surface area contributed by atoms with Crippen molar-refractivity contribution >= 4 is 11.6 Å². The van der Waals surface area contributed by atoms with Gasteiger partial charge in [-0.05, 0) is 24.3 Å². The zero-order valence-corrected chi connectivity index (χ0v) is 11.1. The number of benzene rings is 2. The Balaban J connectivity index is 2.35. The minimum Gasteiger partial charge on any atom is -0.494 e. The van der Waals surface area contributed by atoms with Crippen LogP contribution in [0.5, 0.6) is 11.5 Å². The first-order chi connectivity index (χ1) is 9.67. The molecule has 104 valence electrons. The van der Waals surface area contributed by atoms with Crippen molar-refractivity contribution in [3.8, 4) is 11.5 Å². The fraction of sp³-hybridized carbons (Fsp3) is 0.133. The molecule has 0 unspecified atom stereocenters. The van der Waals surface area contributed by atoms with E-state index in [1.54, 1.807) is 24.3 Å². The normalized spacial score (nSPS) is 9.95. The molecule has 2 rings (SSSR count). The lowest BCUT2D eigenvalue weighted by molar-refractivity contribution is 0.102. The first-order valence-corrected chi connectivity index (χ1v) is 5.94. The van der Waals surface area contributed by atoms with E-state index in [1.807, 2.05) is 0 Å². The average Bonchev–Trinajstić information content (AvgIpc) is 2.47. The summed E-state index contributed by atoms with van der Waals surface area (Å²) in [6.07, 6.45) is 0. The molecule has 0 bridgehead atoms. The molecule has 0 aliphatic carbocycles. The van der Waals surface area contributed by atoms with Crippen LogP contribution in [0.3, 0.4) is 0 Å². The van der Waals surface area contributed by atoms with Crippen LogP contribution >= 0.6 is 0 Å². The molecule has 20 heavy (non-hydrogen) atoms. The number of hydrogen-bond acceptors (Lipinski definition) is 3. The van der Waals surface area contributed by atoms with Crippen molar-refractivity contribution < 1.29 is 18.7 Å². The van der Waals surface area contributed by atoms with Gasteiger partial charge in [0.15, 0.2) is 0 Å². The van der Waals surface area contributed by atoms with Crippen molar-refractivity contribution in [3.63, 3.8) is 0 Å². The predicted octanol–water partition coefficient (Wildman–Crippen LogP) is 3.10. The van der Waals surface area contributed by atoms with Gasteiger partial charge in [-0.1, -0.05) is 18.2 Å². The molecule has 0 fully saturated rings. The smallest absolute Gasteiger partial charge is 0.258 e. The number of hydrogen-bond donors (Lipinski definition) is 1. The minimum atomic E-state index is -0.584. The zero-order valence-electron chi connectivity index (χ0n) is 11.1. The Bertz CT molecular complexity index is 606. The van der Waals surface area contributed by atoms with E-state index in [-0.39, 0.29) is 5.56 Å². The van der Waals surface area contributed by atoms with E-state index < -0.39 is 11.7 Å². The molecule has 1 N–H and O–H groups in total. The maximum atomic E-state index is 13.6. The van der Waals surface area contributed by atoms with Gasteiger partial charge in [0, 0.05) is 0 Å². The Kier molecular flexibility index (Phi) is 4.20. The van der Waals surface area contributed by atoms with Gasteiger partial charge in [0.2, 0.25) is 0 Å². The van der Waals surface area contributed by atoms with E-state index in [0.717, 1.165) is 0 Å². The number of anilines is 1. The monoisotopic (exact) mass is 275 g/mol. The van der Waals surface area contributed by atoms with Gasteiger partial charge in [0.25, 0.3) is 5.91 Å². The standard InChI is InChI=1S/C15H14FNO3/c1-19-12-8-5-9-13(20-2)14(12)17-15(18)10-6-3-4-7-11(10)16/h3-9H,1-2H3,(H,17,18). The highest BCUT2D eigenvalue weighted by molar-refractivity contribution is 6.06. The molecule has 4 nitrogen and oxygen atoms in total. The third kappa shape index (κ3) is 2.71. The summed E-state index contributed by atoms with van der Waals surface area (Å²) in [5.74, 6) is -0.271. The van der Waals surface area contributed by atoms with Crippen molar-refractivity contribution in [2.75, 3.05) is 19.5 Å². The molecule has 0 aliphatic heterocycles. The van der Waals surface area contributed by atoms with Gasteiger partial charge in [-0.3, -0.25) is 4.79 Å². The van der Waals surface area contributed by atoms with Crippen molar-refractivity contribution in [1.29, 1.82) is 0 Å². The molecule has 0 saturated heterocycles. The Labute approximate surface area is 116 Å². The maximum absolute atomic E-state index is 13.6. The van der Waals surface area contributed by atoms with Crippen LogP contribution in [-0.4, -0.2) is 20.1 Å². The highest BCUT2D eigenvalue weighted by Gasteiger charge is 2.16. The van der Waals surface area contributed by atoms with Gasteiger partial charge in [0.05, 0.1) is 19.8 Å². The van der Waals surface area contributed by atoms with Crippen LogP contribution in [0.1, 0.15) is 10.4 Å². The summed E-state index contributed by atoms with van der Waals surface area (Å²) in [4.78, 5) is 12.1. The highest BCUT2D eigenvalue weighted by atomic mass is 19.1. The van der Waals surface area contributed by atoms with Crippen LogP contribution in [-0.2, 0) is 0 Å². The van der Waals surface area contributed by atoms with Crippen molar-refractivity contribution in [3.05, 3.63) is 53.8 Å². The van der Waals surface area contributed by atoms with Crippen LogP contribution in [0.2, 0.25) is 0 Å². The zero-order chi connectivity index (χ0) is 14.5. The molecule has 0 spiro atoms. The Morgan fingerprint density at radius 3 is 2.15 bits per heavy atom. The summed E-state index contributed by atoms with van der Waals surface area (Å²) in [6.45, 7) is 0. The second-order valence-electron chi connectivity index (χ2n) is 3.97. The van der Waals surface area contributed by atoms with Gasteiger partial charge >= 0.3 is 0 Å². The lowest BCUT2D eigenvalue weighted by Gasteiger charge is -2.14. The van der Waals surface area contributed by atoms with Crippen LogP contribution in [0, 0.1) is 5.82 Å². The lowest BCUT2D eigenvalue weighted by atomic mass is 10.2. The Morgan fingerprint density at radius 1 is 1.00 bits per heavy atom. The fourth-order valence-electron chi connectivity index (χ4n) is 1.80. The maximum Gasteiger partial charge on any atom is 0.258 e. The van der Waals surface area contributed by atoms with Crippen molar-refractivity contribution in [2.24, 2.45) is 0 Å². The SMILES string of the molecule is COc1cccc(OC)c1NC(=O)c1ccccc1F. The van der Waals surface area contributed by atoms with E-state index in [9.17, 15) is 9.18 Å². The van der Waals surface area contributed by atoms with E-state index in [0.29, 0.717) is 17.2 Å². The summed E-state index contributed by atoms with van der Waals surface area (Å²) < 4.78 is 23.9. The first-order valence-electron chi connectivity index (χ1n) is 5.94. The van der Waals surface area contributed by atoms with Crippen LogP contribution < -0.4 is 14.8 Å². The van der Waals surface area contributed by atoms with E-state index >= 15 is 0 Å². The molecule has 0 aliphatic rings. The number of methoxy groups -OCH3 is 2. The highest BCUT2D eigenvalue weighted by Crippen LogP contribution is 2.34. The first kappa shape index (κ1) is 13.9. The minimum absolute atomic E-state index is 0.0412. The number of amides is 1. The number of carbonyl (C=O) groups excluding carboxylic acids is 1. The topological polar surface area (TPSA) is 47.6 Å². The lowest BCUT2D eigenvalue weighted by Crippen LogP contribution is -2.15. The second kappa shape index (κ2) is 6.06. The fourth-order valence-corrected chi connectivity index (χ4v) is 1.80. The number of nitrogens with one attached hydrogen (secondary N) is 1. The summed E-state index contributed by atoms with van der Waals surface area (Å²) in [5.41, 5.74) is 0.325. The molecule has 0 heterocycles. The molecule has 2 aromatic rings. The van der Waals surface area contributed by atoms with Gasteiger partial charge in [0.1, 0.15) is 23.0 Å². The molecular weight excluding hydrogens is 261 g/mol. The van der Waals surface area contributed by atoms with Gasteiger partial charge in [-0.25, -0.2) is 4.39 Å². The molecule has 0 aromatic heterocycles. The van der Waals surface area contributed by atoms with Crippen molar-refractivity contribution in [1.82, 2.24) is 0 Å². The summed E-state index contributed by atoms with van der Waals surface area (Å²) in [6, 6.07) is 10.9. The van der Waals surface area contributed by atoms with E-state index in [2.05, 4.69) is 5.32 Å². The molecule has 5 heteroatoms. The number of para-hydroxylation sites is 1. The average molecular weight is 275 g/mol. The number of carbonyl (C=O) groups is 1. The van der Waals surface area contributed by atoms with Crippen LogP contribution in [0.15, 0.2) is 42.5 Å². The molecule has 2 aromatic carbocycles. The van der Waals surface area contributed by atoms with E-state index in [1.165, 1.54) is 32.4 Å². The van der Waals surface area contributed by atoms with Crippen molar-refractivity contribution in [2.45, 2.75) is 0 Å². The summed E-state index contributed by atoms with van der Waals surface area (Å²) in [5, 5.41) is 2.61. The van der Waals surface area contributed by atoms with Gasteiger partial charge < -0.3 is 14.8 Å². The number of ether oxygens (including phenoxy) is 2. The number of rotatable bonds is 4. The van der Waals surface area contributed by atoms with Gasteiger partial charge in [-0.15, -0.1) is 0 Å². The van der Waals surface area contributed by atoms with Crippen LogP contribution in [0.4, 0.5) is 10.1 Å². The molecule has 0 saturated carbocycles. The largest absolute Gasteiger partial charge is 0.494 e. The van der Waals surface area contributed by atoms with E-state index in [4.69, 9.17) is 9.47 Å². The molecule has 0 radical (unpaired) electrons. The Morgan fingerprint density at radius 2 is 1.60 bits per heavy atom. The molecule has 1 amide bonds. The number of halogens is 1. The quantitative estimate of drug-likeness (QED) is 0.932. The van der Waals surface area contributed by atoms with Crippen LogP contribution in [0.25, 0.3) is 0 Å². The van der Waals surface area contributed by atoms with Gasteiger partial charge in [-0.2, -0.15) is 0 Å². The second-order valence-corrected chi connectivity index (χ2v) is 3.97. The third-order valence-electron chi connectivity index (χ3n) is 2.78. The molecular formula is C15H14FNO3. The molecule has 0 atom stereocenters. The third-order valence-corrected chi connectivity index (χ3v) is 2.78. The summed E-state index contributed by atoms with van der Waals surface area (Å²) >= 11 is 0. The predicted molar refractivity (Wildman–Crippen MR) is 73.9 cm³/mol.